The first-order valence-corrected chi connectivity index (χ1v) is 10.0. The summed E-state index contributed by atoms with van der Waals surface area (Å²) in [5.41, 5.74) is 6.42. The highest BCUT2D eigenvalue weighted by Crippen LogP contribution is 2.50. The highest BCUT2D eigenvalue weighted by Gasteiger charge is 2.55. The second kappa shape index (κ2) is 7.05. The number of fused-ring (bicyclic) bond motifs is 1. The second-order valence-corrected chi connectivity index (χ2v) is 8.02. The fourth-order valence-electron chi connectivity index (χ4n) is 4.75. The van der Waals surface area contributed by atoms with E-state index >= 15 is 0 Å². The van der Waals surface area contributed by atoms with Gasteiger partial charge in [-0.2, -0.15) is 4.98 Å². The minimum Gasteiger partial charge on any atom is -0.366 e. The van der Waals surface area contributed by atoms with Crippen molar-refractivity contribution in [2.24, 2.45) is 11.7 Å². The molecule has 2 atom stereocenters. The topological polar surface area (TPSA) is 115 Å². The summed E-state index contributed by atoms with van der Waals surface area (Å²) in [5.74, 6) is 0.718. The van der Waals surface area contributed by atoms with Crippen molar-refractivity contribution in [2.75, 3.05) is 13.1 Å². The number of carbonyl (C=O) groups excluding carboxylic acids is 2. The number of nitrogens with zero attached hydrogens (tertiary/aromatic N) is 4. The molecule has 3 heterocycles. The zero-order valence-electron chi connectivity index (χ0n) is 16.3. The van der Waals surface area contributed by atoms with Crippen LogP contribution in [0.15, 0.2) is 53.2 Å². The number of nitrogens with two attached hydrogens (primary N) is 1. The van der Waals surface area contributed by atoms with Crippen LogP contribution in [0.4, 0.5) is 0 Å². The fourth-order valence-corrected chi connectivity index (χ4v) is 4.75. The molecule has 152 valence electrons. The van der Waals surface area contributed by atoms with E-state index < -0.39 is 5.91 Å². The molecule has 0 radical (unpaired) electrons. The number of likely N-dealkylation sites (tertiary alicyclic amines) is 1. The van der Waals surface area contributed by atoms with Crippen LogP contribution in [0.2, 0.25) is 0 Å². The Morgan fingerprint density at radius 2 is 2.00 bits per heavy atom. The van der Waals surface area contributed by atoms with Crippen molar-refractivity contribution in [3.63, 3.8) is 0 Å². The molecule has 0 spiro atoms. The van der Waals surface area contributed by atoms with Crippen molar-refractivity contribution in [2.45, 2.75) is 24.7 Å². The van der Waals surface area contributed by atoms with Gasteiger partial charge < -0.3 is 15.2 Å². The van der Waals surface area contributed by atoms with Gasteiger partial charge in [0.1, 0.15) is 5.69 Å². The third-order valence-electron chi connectivity index (χ3n) is 6.31. The summed E-state index contributed by atoms with van der Waals surface area (Å²) in [5, 5.41) is 4.19. The molecular formula is C22H21N5O3. The second-order valence-electron chi connectivity index (χ2n) is 8.02. The van der Waals surface area contributed by atoms with Gasteiger partial charge in [0, 0.05) is 24.8 Å². The van der Waals surface area contributed by atoms with Crippen molar-refractivity contribution in [1.29, 1.82) is 0 Å². The van der Waals surface area contributed by atoms with E-state index in [1.54, 1.807) is 6.07 Å². The van der Waals surface area contributed by atoms with Crippen LogP contribution in [0.3, 0.4) is 0 Å². The highest BCUT2D eigenvalue weighted by molar-refractivity contribution is 5.95. The van der Waals surface area contributed by atoms with Gasteiger partial charge >= 0.3 is 0 Å². The Bertz CT molecular complexity index is 1100. The summed E-state index contributed by atoms with van der Waals surface area (Å²) in [4.78, 5) is 34.9. The van der Waals surface area contributed by atoms with Crippen molar-refractivity contribution in [1.82, 2.24) is 20.0 Å². The van der Waals surface area contributed by atoms with Gasteiger partial charge in [-0.1, -0.05) is 41.9 Å². The molecule has 1 aliphatic carbocycles. The molecule has 1 saturated heterocycles. The van der Waals surface area contributed by atoms with Crippen molar-refractivity contribution >= 4 is 11.8 Å². The van der Waals surface area contributed by atoms with E-state index in [-0.39, 0.29) is 22.8 Å². The summed E-state index contributed by atoms with van der Waals surface area (Å²) >= 11 is 0. The number of carbonyl (C=O) groups is 2. The van der Waals surface area contributed by atoms with Crippen molar-refractivity contribution in [3.8, 4) is 11.4 Å². The van der Waals surface area contributed by atoms with Crippen LogP contribution < -0.4 is 5.73 Å². The van der Waals surface area contributed by atoms with Gasteiger partial charge in [0.15, 0.2) is 0 Å². The van der Waals surface area contributed by atoms with Crippen LogP contribution in [0.25, 0.3) is 11.4 Å². The molecule has 2 aliphatic rings. The van der Waals surface area contributed by atoms with Crippen LogP contribution in [-0.4, -0.2) is 44.9 Å². The van der Waals surface area contributed by atoms with Crippen molar-refractivity contribution in [3.05, 3.63) is 65.8 Å². The zero-order chi connectivity index (χ0) is 20.7. The zero-order valence-corrected chi connectivity index (χ0v) is 16.3. The Balaban J connectivity index is 1.40. The maximum atomic E-state index is 13.0. The lowest BCUT2D eigenvalue weighted by Gasteiger charge is -2.24. The maximum Gasteiger partial charge on any atom is 0.272 e. The molecule has 8 heteroatoms. The van der Waals surface area contributed by atoms with Gasteiger partial charge in [-0.15, -0.1) is 0 Å². The first-order valence-electron chi connectivity index (χ1n) is 10.0. The van der Waals surface area contributed by atoms with Crippen LogP contribution >= 0.6 is 0 Å². The van der Waals surface area contributed by atoms with Crippen LogP contribution in [0.5, 0.6) is 0 Å². The Hall–Kier alpha value is -3.55. The number of primary amides is 1. The molecule has 1 aliphatic heterocycles. The molecule has 2 aromatic heterocycles. The number of hydrogen-bond acceptors (Lipinski definition) is 6. The summed E-state index contributed by atoms with van der Waals surface area (Å²) in [6, 6.07) is 12.8. The van der Waals surface area contributed by atoms with Gasteiger partial charge in [0.25, 0.3) is 5.91 Å². The van der Waals surface area contributed by atoms with Crippen LogP contribution in [0.1, 0.15) is 46.0 Å². The number of pyridine rings is 1. The SMILES string of the molecule is NC(=O)c1ccc(C(=O)N2C[C@H]3CCC[C@@]3(c3nc(-c4ccccc4)no3)C2)nc1. The number of aromatic nitrogens is 3. The first-order chi connectivity index (χ1) is 14.6. The van der Waals surface area contributed by atoms with E-state index in [0.717, 1.165) is 24.8 Å². The summed E-state index contributed by atoms with van der Waals surface area (Å²) in [6.07, 6.45) is 4.33. The molecule has 5 rings (SSSR count). The molecule has 2 fully saturated rings. The van der Waals surface area contributed by atoms with E-state index in [0.29, 0.717) is 30.5 Å². The third-order valence-corrected chi connectivity index (χ3v) is 6.31. The van der Waals surface area contributed by atoms with Crippen LogP contribution in [0, 0.1) is 5.92 Å². The lowest BCUT2D eigenvalue weighted by Crippen LogP contribution is -2.35. The molecule has 2 N–H and O–H groups in total. The minimum absolute atomic E-state index is 0.164. The number of amides is 2. The van der Waals surface area contributed by atoms with Gasteiger partial charge in [0.2, 0.25) is 17.6 Å². The molecule has 1 aromatic carbocycles. The third kappa shape index (κ3) is 2.96. The smallest absolute Gasteiger partial charge is 0.272 e. The van der Waals surface area contributed by atoms with Crippen molar-refractivity contribution < 1.29 is 14.1 Å². The van der Waals surface area contributed by atoms with E-state index in [2.05, 4.69) is 10.1 Å². The Morgan fingerprint density at radius 3 is 2.73 bits per heavy atom. The molecule has 3 aromatic rings. The molecule has 0 unspecified atom stereocenters. The number of rotatable bonds is 4. The summed E-state index contributed by atoms with van der Waals surface area (Å²) < 4.78 is 5.72. The predicted octanol–water partition coefficient (Wildman–Crippen LogP) is 2.42. The van der Waals surface area contributed by atoms with Gasteiger partial charge in [-0.25, -0.2) is 0 Å². The maximum absolute atomic E-state index is 13.0. The predicted molar refractivity (Wildman–Crippen MR) is 107 cm³/mol. The van der Waals surface area contributed by atoms with Gasteiger partial charge in [-0.05, 0) is 30.9 Å². The van der Waals surface area contributed by atoms with Gasteiger partial charge in [-0.3, -0.25) is 14.6 Å². The fraction of sp³-hybridized carbons (Fsp3) is 0.318. The van der Waals surface area contributed by atoms with E-state index in [1.807, 2.05) is 35.2 Å². The lowest BCUT2D eigenvalue weighted by molar-refractivity contribution is 0.0768. The standard InChI is InChI=1S/C22H21N5O3/c23-18(28)15-8-9-17(24-11-15)20(29)27-12-16-7-4-10-22(16,13-27)21-25-19(26-30-21)14-5-2-1-3-6-14/h1-3,5-6,8-9,11,16H,4,7,10,12-13H2,(H2,23,28)/t16-,22-/m1/s1. The molecule has 2 amide bonds. The molecule has 0 bridgehead atoms. The Labute approximate surface area is 173 Å². The van der Waals surface area contributed by atoms with E-state index in [1.165, 1.54) is 12.3 Å². The highest BCUT2D eigenvalue weighted by atomic mass is 16.5. The average Bonchev–Trinajstić information content (AvgIpc) is 3.48. The molecule has 30 heavy (non-hydrogen) atoms. The summed E-state index contributed by atoms with van der Waals surface area (Å²) in [7, 11) is 0. The number of benzene rings is 1. The first kappa shape index (κ1) is 18.5. The minimum atomic E-state index is -0.568. The lowest BCUT2D eigenvalue weighted by atomic mass is 9.80. The normalized spacial score (nSPS) is 22.8. The quantitative estimate of drug-likeness (QED) is 0.715. The van der Waals surface area contributed by atoms with E-state index in [9.17, 15) is 9.59 Å². The van der Waals surface area contributed by atoms with E-state index in [4.69, 9.17) is 15.2 Å². The average molecular weight is 403 g/mol. The largest absolute Gasteiger partial charge is 0.366 e. The molecule has 8 nitrogen and oxygen atoms in total. The summed E-state index contributed by atoms with van der Waals surface area (Å²) in [6.45, 7) is 1.15. The monoisotopic (exact) mass is 403 g/mol. The number of hydrogen-bond donors (Lipinski definition) is 1. The Kier molecular flexibility index (Phi) is 4.34. The van der Waals surface area contributed by atoms with Gasteiger partial charge in [0.05, 0.1) is 11.0 Å². The molecular weight excluding hydrogens is 382 g/mol. The Morgan fingerprint density at radius 1 is 1.17 bits per heavy atom. The van der Waals surface area contributed by atoms with Crippen LogP contribution in [-0.2, 0) is 5.41 Å². The molecule has 1 saturated carbocycles.